The Balaban J connectivity index is 0.00000900. The van der Waals surface area contributed by atoms with Gasteiger partial charge in [-0.25, -0.2) is 0 Å². The minimum Gasteiger partial charge on any atom is -0.480 e. The topological polar surface area (TPSA) is 229 Å². The predicted molar refractivity (Wildman–Crippen MR) is 212 cm³/mol. The number of hydrogen-bond donors (Lipinski definition) is 5. The van der Waals surface area contributed by atoms with E-state index in [1.165, 1.54) is 6.07 Å². The molecule has 0 saturated carbocycles. The van der Waals surface area contributed by atoms with Crippen LogP contribution in [0.2, 0.25) is 0 Å². The van der Waals surface area contributed by atoms with Gasteiger partial charge in [-0.15, -0.1) is 0 Å². The molecule has 1 aliphatic heterocycles. The van der Waals surface area contributed by atoms with Gasteiger partial charge in [0.1, 0.15) is 13.1 Å². The maximum atomic E-state index is 13.9. The Morgan fingerprint density at radius 2 is 0.931 bits per heavy atom. The van der Waals surface area contributed by atoms with Crippen LogP contribution in [0.15, 0.2) is 78.9 Å². The quantitative estimate of drug-likeness (QED) is 0.0652. The van der Waals surface area contributed by atoms with Gasteiger partial charge in [-0.1, -0.05) is 66.7 Å². The molecular formula is C39H48GdN5O12P+3. The summed E-state index contributed by atoms with van der Waals surface area (Å²) in [4.78, 5) is 80.8. The van der Waals surface area contributed by atoms with E-state index in [4.69, 9.17) is 4.74 Å². The summed E-state index contributed by atoms with van der Waals surface area (Å²) >= 11 is 0. The monoisotopic (exact) mass is 967 g/mol. The number of esters is 1. The molecular weight excluding hydrogens is 919 g/mol. The van der Waals surface area contributed by atoms with Crippen LogP contribution in [0.3, 0.4) is 0 Å². The smallest absolute Gasteiger partial charge is 0.480 e. The molecule has 0 bridgehead atoms. The normalized spacial score (nSPS) is 15.0. The molecule has 0 aliphatic carbocycles. The summed E-state index contributed by atoms with van der Waals surface area (Å²) in [5, 5.41) is 50.4. The first kappa shape index (κ1) is 48.2. The second-order valence-electron chi connectivity index (χ2n) is 13.4. The summed E-state index contributed by atoms with van der Waals surface area (Å²) in [6, 6.07) is 24.0. The van der Waals surface area contributed by atoms with Crippen LogP contribution in [0.5, 0.6) is 5.75 Å². The van der Waals surface area contributed by atoms with Crippen molar-refractivity contribution in [2.75, 3.05) is 96.5 Å². The predicted octanol–water partition coefficient (Wildman–Crippen LogP) is 0.191. The molecule has 1 fully saturated rings. The molecule has 0 spiro atoms. The third-order valence-corrected chi connectivity index (χ3v) is 11.6. The molecule has 1 heterocycles. The minimum atomic E-state index is -1.40. The number of nitrogens with zero attached hydrogens (tertiary/aromatic N) is 5. The van der Waals surface area contributed by atoms with Gasteiger partial charge in [0, 0.05) is 64.2 Å². The molecule has 311 valence electrons. The summed E-state index contributed by atoms with van der Waals surface area (Å²) in [6.07, 6.45) is -0.176. The second kappa shape index (κ2) is 24.7. The maximum absolute atomic E-state index is 13.9. The standard InChI is InChI=1S/C39H48N5O12P.Gd/c45-33(46)24-41-18-16-40(17-19-42(25-34(47)48)21-23-43(22-20-41)26-35(49)50)15-14-38(55)56-39-31(44(27-36(51)52)28-37(53)54)12-7-13-32(39)57(29-8-3-1-4-9-29)30-10-5-2-6-11-30;/h1-13H,14-28H2,(H,45,46)(H,47,48)(H,49,50)(H,51,52)(H,53,54);/q;+3. The number of ether oxygens (including phenoxy) is 1. The number of benzene rings is 3. The van der Waals surface area contributed by atoms with Crippen LogP contribution in [0.25, 0.3) is 0 Å². The van der Waals surface area contributed by atoms with E-state index < -0.39 is 56.8 Å². The number of anilines is 1. The van der Waals surface area contributed by atoms with E-state index in [1.54, 1.807) is 26.8 Å². The molecule has 3 aromatic rings. The molecule has 0 unspecified atom stereocenters. The van der Waals surface area contributed by atoms with E-state index in [-0.39, 0.29) is 123 Å². The zero-order valence-corrected chi connectivity index (χ0v) is 34.9. The van der Waals surface area contributed by atoms with Gasteiger partial charge in [-0.3, -0.25) is 43.5 Å². The fourth-order valence-corrected chi connectivity index (χ4v) is 8.83. The third kappa shape index (κ3) is 16.3. The molecule has 58 heavy (non-hydrogen) atoms. The number of rotatable bonds is 18. The van der Waals surface area contributed by atoms with Gasteiger partial charge < -0.3 is 40.1 Å². The van der Waals surface area contributed by atoms with Gasteiger partial charge in [-0.05, 0) is 30.7 Å². The van der Waals surface area contributed by atoms with Crippen molar-refractivity contribution in [1.29, 1.82) is 0 Å². The van der Waals surface area contributed by atoms with Gasteiger partial charge in [0.25, 0.3) is 0 Å². The van der Waals surface area contributed by atoms with Crippen LogP contribution in [0, 0.1) is 39.9 Å². The van der Waals surface area contributed by atoms with Crippen LogP contribution >= 0.6 is 7.92 Å². The Morgan fingerprint density at radius 1 is 0.534 bits per heavy atom. The first-order chi connectivity index (χ1) is 27.3. The molecule has 0 aromatic heterocycles. The van der Waals surface area contributed by atoms with Gasteiger partial charge in [0.05, 0.1) is 31.7 Å². The van der Waals surface area contributed by atoms with Crippen LogP contribution < -0.4 is 25.6 Å². The Kier molecular flexibility index (Phi) is 20.6. The number of carbonyl (C=O) groups excluding carboxylic acids is 1. The number of hydrogen-bond acceptors (Lipinski definition) is 12. The van der Waals surface area contributed by atoms with E-state index in [1.807, 2.05) is 65.6 Å². The van der Waals surface area contributed by atoms with E-state index in [2.05, 4.69) is 0 Å². The number of carbonyl (C=O) groups is 6. The Hall–Kier alpha value is -4.13. The van der Waals surface area contributed by atoms with E-state index >= 15 is 0 Å². The summed E-state index contributed by atoms with van der Waals surface area (Å²) in [7, 11) is -1.40. The molecule has 0 amide bonds. The van der Waals surface area contributed by atoms with Gasteiger partial charge in [0.15, 0.2) is 5.75 Å². The average Bonchev–Trinajstić information content (AvgIpc) is 3.15. The van der Waals surface area contributed by atoms with Crippen molar-refractivity contribution in [2.24, 2.45) is 0 Å². The molecule has 3 aromatic carbocycles. The van der Waals surface area contributed by atoms with E-state index in [0.29, 0.717) is 18.4 Å². The fourth-order valence-electron chi connectivity index (χ4n) is 6.44. The first-order valence-electron chi connectivity index (χ1n) is 18.3. The summed E-state index contributed by atoms with van der Waals surface area (Å²) in [5.41, 5.74) is 0.113. The molecule has 1 aliphatic rings. The molecule has 5 N–H and O–H groups in total. The number of carboxylic acid groups (broad SMARTS) is 5. The van der Waals surface area contributed by atoms with Crippen molar-refractivity contribution >= 4 is 65.3 Å². The SMILES string of the molecule is O=C(O)CN1CCN(CCC(=O)Oc2c(N(CC(=O)O)CC(=O)O)cccc2P(c2ccccc2)c2ccccc2)CCN(CC(=O)O)CCN(CC(=O)O)CC1.[Gd+3]. The van der Waals surface area contributed by atoms with Crippen molar-refractivity contribution < 1.29 is 99.0 Å². The van der Waals surface area contributed by atoms with Gasteiger partial charge in [0.2, 0.25) is 0 Å². The van der Waals surface area contributed by atoms with Crippen LogP contribution in [0.4, 0.5) is 5.69 Å². The Labute approximate surface area is 369 Å². The molecule has 1 saturated heterocycles. The number of para-hydroxylation sites is 1. The zero-order valence-electron chi connectivity index (χ0n) is 31.7. The van der Waals surface area contributed by atoms with Crippen molar-refractivity contribution in [3.63, 3.8) is 0 Å². The summed E-state index contributed by atoms with van der Waals surface area (Å²) in [5.74, 6) is -6.41. The molecule has 19 heteroatoms. The third-order valence-electron chi connectivity index (χ3n) is 9.09. The summed E-state index contributed by atoms with van der Waals surface area (Å²) in [6.45, 7) is -0.0638. The Bertz CT molecular complexity index is 1760. The average molecular weight is 967 g/mol. The van der Waals surface area contributed by atoms with E-state index in [0.717, 1.165) is 15.5 Å². The number of aliphatic carboxylic acids is 5. The maximum Gasteiger partial charge on any atom is 3.00 e. The Morgan fingerprint density at radius 3 is 1.31 bits per heavy atom. The fraction of sp³-hybridized carbons (Fsp3) is 0.385. The molecule has 0 atom stereocenters. The van der Waals surface area contributed by atoms with Crippen LogP contribution in [-0.2, 0) is 28.8 Å². The van der Waals surface area contributed by atoms with Gasteiger partial charge >= 0.3 is 75.8 Å². The van der Waals surface area contributed by atoms with Crippen molar-refractivity contribution in [3.8, 4) is 5.75 Å². The first-order valence-corrected chi connectivity index (χ1v) is 19.6. The molecule has 4 rings (SSSR count). The summed E-state index contributed by atoms with van der Waals surface area (Å²) < 4.78 is 6.16. The van der Waals surface area contributed by atoms with Crippen LogP contribution in [0.1, 0.15) is 6.42 Å². The second-order valence-corrected chi connectivity index (χ2v) is 15.5. The zero-order chi connectivity index (χ0) is 41.3. The van der Waals surface area contributed by atoms with E-state index in [9.17, 15) is 54.3 Å². The molecule has 1 radical (unpaired) electrons. The molecule has 17 nitrogen and oxygen atoms in total. The number of carboxylic acids is 5. The van der Waals surface area contributed by atoms with Crippen LogP contribution in [-0.4, -0.2) is 173 Å². The van der Waals surface area contributed by atoms with Crippen molar-refractivity contribution in [3.05, 3.63) is 78.9 Å². The van der Waals surface area contributed by atoms with Gasteiger partial charge in [-0.2, -0.15) is 0 Å². The minimum absolute atomic E-state index is 0. The van der Waals surface area contributed by atoms with Crippen molar-refractivity contribution in [1.82, 2.24) is 19.6 Å². The van der Waals surface area contributed by atoms with Crippen molar-refractivity contribution in [2.45, 2.75) is 6.42 Å². The largest absolute Gasteiger partial charge is 3.00 e.